The van der Waals surface area contributed by atoms with Gasteiger partial charge in [0.25, 0.3) is 0 Å². The highest BCUT2D eigenvalue weighted by atomic mass is 16.6. The lowest BCUT2D eigenvalue weighted by Crippen LogP contribution is -2.36. The summed E-state index contributed by atoms with van der Waals surface area (Å²) in [6, 6.07) is 0. The Morgan fingerprint density at radius 3 is 1.71 bits per heavy atom. The van der Waals surface area contributed by atoms with Gasteiger partial charge in [0.2, 0.25) is 0 Å². The summed E-state index contributed by atoms with van der Waals surface area (Å²) in [6.07, 6.45) is 11.0. The average molecular weight is 439 g/mol. The van der Waals surface area contributed by atoms with E-state index >= 15 is 0 Å². The van der Waals surface area contributed by atoms with Gasteiger partial charge in [0.15, 0.2) is 0 Å². The number of ether oxygens (including phenoxy) is 2. The van der Waals surface area contributed by atoms with Gasteiger partial charge in [-0.1, -0.05) is 26.2 Å². The van der Waals surface area contributed by atoms with Crippen molar-refractivity contribution in [3.05, 3.63) is 0 Å². The zero-order valence-electron chi connectivity index (χ0n) is 20.5. The fourth-order valence-corrected chi connectivity index (χ4v) is 4.72. The van der Waals surface area contributed by atoms with Gasteiger partial charge in [0.05, 0.1) is 20.0 Å². The molecule has 0 aromatic rings. The first-order valence-electron chi connectivity index (χ1n) is 12.5. The van der Waals surface area contributed by atoms with Gasteiger partial charge in [0.1, 0.15) is 5.60 Å². The molecule has 0 unspecified atom stereocenters. The van der Waals surface area contributed by atoms with Crippen molar-refractivity contribution in [2.45, 2.75) is 90.6 Å². The van der Waals surface area contributed by atoms with Crippen LogP contribution in [0.2, 0.25) is 0 Å². The minimum atomic E-state index is -0.343. The van der Waals surface area contributed by atoms with Crippen LogP contribution in [0.1, 0.15) is 85.0 Å². The monoisotopic (exact) mass is 438 g/mol. The molecule has 0 N–H and O–H groups in total. The average Bonchev–Trinajstić information content (AvgIpc) is 2.77. The quantitative estimate of drug-likeness (QED) is 0.424. The van der Waals surface area contributed by atoms with Crippen LogP contribution in [0, 0.1) is 11.8 Å². The van der Waals surface area contributed by atoms with Crippen molar-refractivity contribution in [1.82, 2.24) is 9.80 Å². The van der Waals surface area contributed by atoms with Crippen LogP contribution in [0.15, 0.2) is 0 Å². The molecular formula is C25H46N2O4. The minimum Gasteiger partial charge on any atom is -0.469 e. The summed E-state index contributed by atoms with van der Waals surface area (Å²) < 4.78 is 10.3. The molecule has 0 spiro atoms. The SMILES string of the molecule is CCC(C)(C)OC(=O)CCN1CCC(CCCC2CCN(CCC(=O)OC)CC2)CC1. The Morgan fingerprint density at radius 1 is 0.839 bits per heavy atom. The summed E-state index contributed by atoms with van der Waals surface area (Å²) in [5.41, 5.74) is -0.343. The number of methoxy groups -OCH3 is 1. The summed E-state index contributed by atoms with van der Waals surface area (Å²) in [4.78, 5) is 28.2. The summed E-state index contributed by atoms with van der Waals surface area (Å²) >= 11 is 0. The molecule has 2 fully saturated rings. The summed E-state index contributed by atoms with van der Waals surface area (Å²) in [6.45, 7) is 12.2. The van der Waals surface area contributed by atoms with Crippen molar-refractivity contribution in [2.75, 3.05) is 46.4 Å². The van der Waals surface area contributed by atoms with E-state index in [4.69, 9.17) is 9.47 Å². The molecule has 2 heterocycles. The van der Waals surface area contributed by atoms with E-state index in [0.717, 1.165) is 57.5 Å². The molecule has 2 aliphatic rings. The topological polar surface area (TPSA) is 59.1 Å². The molecule has 2 rings (SSSR count). The van der Waals surface area contributed by atoms with Crippen molar-refractivity contribution in [3.63, 3.8) is 0 Å². The van der Waals surface area contributed by atoms with E-state index in [1.165, 1.54) is 52.1 Å². The molecule has 6 heteroatoms. The number of likely N-dealkylation sites (tertiary alicyclic amines) is 2. The van der Waals surface area contributed by atoms with Gasteiger partial charge in [0, 0.05) is 13.1 Å². The van der Waals surface area contributed by atoms with E-state index < -0.39 is 0 Å². The van der Waals surface area contributed by atoms with E-state index in [9.17, 15) is 9.59 Å². The number of rotatable bonds is 12. The predicted molar refractivity (Wildman–Crippen MR) is 124 cm³/mol. The first-order chi connectivity index (χ1) is 14.8. The molecule has 31 heavy (non-hydrogen) atoms. The highest BCUT2D eigenvalue weighted by Gasteiger charge is 2.24. The minimum absolute atomic E-state index is 0.0645. The lowest BCUT2D eigenvalue weighted by Gasteiger charge is -2.33. The number of carbonyl (C=O) groups excluding carboxylic acids is 2. The Hall–Kier alpha value is -1.14. The number of nitrogens with zero attached hydrogens (tertiary/aromatic N) is 2. The maximum Gasteiger partial charge on any atom is 0.307 e. The van der Waals surface area contributed by atoms with Gasteiger partial charge in [-0.15, -0.1) is 0 Å². The Balaban J connectivity index is 1.50. The van der Waals surface area contributed by atoms with E-state index in [1.54, 1.807) is 0 Å². The third-order valence-electron chi connectivity index (χ3n) is 7.37. The number of piperidine rings is 2. The second kappa shape index (κ2) is 13.4. The van der Waals surface area contributed by atoms with Crippen molar-refractivity contribution < 1.29 is 19.1 Å². The van der Waals surface area contributed by atoms with E-state index in [2.05, 4.69) is 16.7 Å². The normalized spacial score (nSPS) is 20.0. The molecule has 0 saturated carbocycles. The molecule has 6 nitrogen and oxygen atoms in total. The molecule has 0 radical (unpaired) electrons. The molecule has 0 aromatic carbocycles. The highest BCUT2D eigenvalue weighted by Crippen LogP contribution is 2.27. The van der Waals surface area contributed by atoms with Gasteiger partial charge in [-0.25, -0.2) is 0 Å². The Bertz CT molecular complexity index is 536. The third-order valence-corrected chi connectivity index (χ3v) is 7.37. The van der Waals surface area contributed by atoms with Crippen LogP contribution in [-0.4, -0.2) is 73.7 Å². The maximum absolute atomic E-state index is 12.0. The van der Waals surface area contributed by atoms with E-state index in [-0.39, 0.29) is 17.5 Å². The van der Waals surface area contributed by atoms with Crippen LogP contribution in [0.25, 0.3) is 0 Å². The van der Waals surface area contributed by atoms with Crippen molar-refractivity contribution in [1.29, 1.82) is 0 Å². The second-order valence-corrected chi connectivity index (χ2v) is 10.2. The lowest BCUT2D eigenvalue weighted by molar-refractivity contribution is -0.157. The van der Waals surface area contributed by atoms with Crippen molar-refractivity contribution in [2.24, 2.45) is 11.8 Å². The summed E-state index contributed by atoms with van der Waals surface area (Å²) in [5.74, 6) is 1.54. The fourth-order valence-electron chi connectivity index (χ4n) is 4.72. The van der Waals surface area contributed by atoms with Gasteiger partial charge >= 0.3 is 11.9 Å². The first-order valence-corrected chi connectivity index (χ1v) is 12.5. The van der Waals surface area contributed by atoms with E-state index in [1.807, 2.05) is 13.8 Å². The molecule has 2 aliphatic heterocycles. The fraction of sp³-hybridized carbons (Fsp3) is 0.920. The molecule has 0 aromatic heterocycles. The zero-order chi connectivity index (χ0) is 22.7. The second-order valence-electron chi connectivity index (χ2n) is 10.2. The van der Waals surface area contributed by atoms with Gasteiger partial charge < -0.3 is 19.3 Å². The van der Waals surface area contributed by atoms with Gasteiger partial charge in [-0.05, 0) is 84.0 Å². The maximum atomic E-state index is 12.0. The molecule has 0 amide bonds. The lowest BCUT2D eigenvalue weighted by atomic mass is 9.87. The van der Waals surface area contributed by atoms with Crippen LogP contribution < -0.4 is 0 Å². The van der Waals surface area contributed by atoms with Gasteiger partial charge in [-0.2, -0.15) is 0 Å². The number of hydrogen-bond acceptors (Lipinski definition) is 6. The summed E-state index contributed by atoms with van der Waals surface area (Å²) in [5, 5.41) is 0. The largest absolute Gasteiger partial charge is 0.469 e. The van der Waals surface area contributed by atoms with Crippen molar-refractivity contribution >= 4 is 11.9 Å². The van der Waals surface area contributed by atoms with E-state index in [0.29, 0.717) is 12.8 Å². The third kappa shape index (κ3) is 10.3. The molecule has 2 saturated heterocycles. The summed E-state index contributed by atoms with van der Waals surface area (Å²) in [7, 11) is 1.46. The van der Waals surface area contributed by atoms with Crippen LogP contribution >= 0.6 is 0 Å². The van der Waals surface area contributed by atoms with Gasteiger partial charge in [-0.3, -0.25) is 9.59 Å². The number of esters is 2. The van der Waals surface area contributed by atoms with Crippen LogP contribution in [0.3, 0.4) is 0 Å². The molecular weight excluding hydrogens is 392 g/mol. The molecule has 180 valence electrons. The Kier molecular flexibility index (Phi) is 11.3. The highest BCUT2D eigenvalue weighted by molar-refractivity contribution is 5.70. The number of hydrogen-bond donors (Lipinski definition) is 0. The molecule has 0 atom stereocenters. The molecule has 0 aliphatic carbocycles. The van der Waals surface area contributed by atoms with Crippen molar-refractivity contribution in [3.8, 4) is 0 Å². The standard InChI is InChI=1S/C25H46N2O4/c1-5-25(2,3)31-24(29)14-20-27-17-11-22(12-18-27)8-6-7-21-9-15-26(16-10-21)19-13-23(28)30-4/h21-22H,5-20H2,1-4H3. The Morgan fingerprint density at radius 2 is 1.29 bits per heavy atom. The zero-order valence-corrected chi connectivity index (χ0v) is 20.5. The van der Waals surface area contributed by atoms with Crippen LogP contribution in [-0.2, 0) is 19.1 Å². The molecule has 0 bridgehead atoms. The predicted octanol–water partition coefficient (Wildman–Crippen LogP) is 4.27. The van der Waals surface area contributed by atoms with Crippen LogP contribution in [0.4, 0.5) is 0 Å². The first kappa shape index (κ1) is 26.1. The smallest absolute Gasteiger partial charge is 0.307 e. The van der Waals surface area contributed by atoms with Crippen LogP contribution in [0.5, 0.6) is 0 Å². The Labute approximate surface area is 190 Å². The number of carbonyl (C=O) groups is 2.